The van der Waals surface area contributed by atoms with Gasteiger partial charge in [-0.05, 0) is 58.7 Å². The summed E-state index contributed by atoms with van der Waals surface area (Å²) < 4.78 is 10.9. The summed E-state index contributed by atoms with van der Waals surface area (Å²) in [7, 11) is 1.66. The number of fused-ring (bicyclic) bond motifs is 1. The number of benzene rings is 1. The van der Waals surface area contributed by atoms with Crippen LogP contribution < -0.4 is 15.0 Å². The maximum Gasteiger partial charge on any atom is 0.270 e. The topological polar surface area (TPSA) is 67.9 Å². The number of amides is 2. The Morgan fingerprint density at radius 2 is 2.04 bits per heavy atom. The molecule has 2 amide bonds. The lowest BCUT2D eigenvalue weighted by molar-refractivity contribution is -0.132. The zero-order chi connectivity index (χ0) is 18.6. The zero-order valence-corrected chi connectivity index (χ0v) is 15.7. The quantitative estimate of drug-likeness (QED) is 0.770. The molecule has 0 bridgehead atoms. The average Bonchev–Trinajstić information content (AvgIpc) is 2.53. The van der Waals surface area contributed by atoms with Gasteiger partial charge in [-0.2, -0.15) is 0 Å². The van der Waals surface area contributed by atoms with Crippen LogP contribution in [0.1, 0.15) is 50.9 Å². The summed E-state index contributed by atoms with van der Waals surface area (Å²) in [5.74, 6) is 0.366. The molecule has 1 N–H and O–H groups in total. The summed E-state index contributed by atoms with van der Waals surface area (Å²) in [5.41, 5.74) is 0.249. The van der Waals surface area contributed by atoms with Crippen molar-refractivity contribution in [3.63, 3.8) is 0 Å². The molecule has 138 valence electrons. The normalized spacial score (nSPS) is 15.8. The van der Waals surface area contributed by atoms with Crippen molar-refractivity contribution in [2.24, 2.45) is 0 Å². The second kappa shape index (κ2) is 7.87. The molecule has 0 atom stereocenters. The Morgan fingerprint density at radius 3 is 2.68 bits per heavy atom. The van der Waals surface area contributed by atoms with Gasteiger partial charge in [-0.1, -0.05) is 0 Å². The predicted molar refractivity (Wildman–Crippen MR) is 97.2 cm³/mol. The number of carbonyl (C=O) groups is 2. The minimum Gasteiger partial charge on any atom is -0.476 e. The zero-order valence-electron chi connectivity index (χ0n) is 15.7. The fourth-order valence-electron chi connectivity index (χ4n) is 2.79. The molecule has 1 heterocycles. The summed E-state index contributed by atoms with van der Waals surface area (Å²) in [6.45, 7) is 8.57. The Morgan fingerprint density at radius 1 is 1.32 bits per heavy atom. The molecule has 6 heteroatoms. The van der Waals surface area contributed by atoms with Gasteiger partial charge in [0.25, 0.3) is 11.8 Å². The van der Waals surface area contributed by atoms with Crippen molar-refractivity contribution in [2.45, 2.75) is 52.2 Å². The number of nitrogens with zero attached hydrogens (tertiary/aromatic N) is 1. The van der Waals surface area contributed by atoms with Crippen molar-refractivity contribution in [3.05, 3.63) is 23.8 Å². The van der Waals surface area contributed by atoms with Crippen molar-refractivity contribution in [3.8, 4) is 5.75 Å². The molecule has 0 aromatic heterocycles. The van der Waals surface area contributed by atoms with Gasteiger partial charge >= 0.3 is 0 Å². The molecule has 25 heavy (non-hydrogen) atoms. The number of ether oxygens (including phenoxy) is 2. The van der Waals surface area contributed by atoms with Crippen LogP contribution in [0.3, 0.4) is 0 Å². The van der Waals surface area contributed by atoms with Gasteiger partial charge in [-0.25, -0.2) is 0 Å². The highest BCUT2D eigenvalue weighted by molar-refractivity contribution is 6.04. The van der Waals surface area contributed by atoms with Crippen molar-refractivity contribution in [2.75, 3.05) is 25.2 Å². The van der Waals surface area contributed by atoms with Gasteiger partial charge < -0.3 is 19.7 Å². The van der Waals surface area contributed by atoms with Gasteiger partial charge in [0.05, 0.1) is 5.69 Å². The van der Waals surface area contributed by atoms with Crippen molar-refractivity contribution in [1.82, 2.24) is 5.32 Å². The van der Waals surface area contributed by atoms with Crippen molar-refractivity contribution < 1.29 is 19.1 Å². The highest BCUT2D eigenvalue weighted by Crippen LogP contribution is 2.38. The summed E-state index contributed by atoms with van der Waals surface area (Å²) in [4.78, 5) is 26.8. The Balaban J connectivity index is 2.30. The lowest BCUT2D eigenvalue weighted by Crippen LogP contribution is -2.52. The molecule has 0 fully saturated rings. The number of unbranched alkanes of at least 4 members (excludes halogenated alkanes) is 1. The molecule has 1 aliphatic rings. The van der Waals surface area contributed by atoms with Gasteiger partial charge in [0.1, 0.15) is 5.75 Å². The molecule has 0 radical (unpaired) electrons. The summed E-state index contributed by atoms with van der Waals surface area (Å²) in [5, 5.41) is 2.87. The van der Waals surface area contributed by atoms with E-state index in [-0.39, 0.29) is 17.9 Å². The first kappa shape index (κ1) is 19.2. The van der Waals surface area contributed by atoms with Crippen LogP contribution in [0.5, 0.6) is 5.75 Å². The van der Waals surface area contributed by atoms with E-state index in [2.05, 4.69) is 5.32 Å². The molecule has 0 aliphatic carbocycles. The van der Waals surface area contributed by atoms with Crippen LogP contribution in [0.25, 0.3) is 0 Å². The van der Waals surface area contributed by atoms with Gasteiger partial charge in [-0.15, -0.1) is 0 Å². The van der Waals surface area contributed by atoms with E-state index in [0.29, 0.717) is 30.2 Å². The van der Waals surface area contributed by atoms with Crippen LogP contribution in [-0.2, 0) is 9.53 Å². The molecule has 0 unspecified atom stereocenters. The molecule has 1 aromatic rings. The summed E-state index contributed by atoms with van der Waals surface area (Å²) in [6.07, 6.45) is 1.68. The number of nitrogens with one attached hydrogen (secondary N) is 1. The van der Waals surface area contributed by atoms with E-state index in [1.165, 1.54) is 0 Å². The number of carbonyl (C=O) groups excluding carboxylic acids is 2. The van der Waals surface area contributed by atoms with E-state index in [0.717, 1.165) is 12.8 Å². The fourth-order valence-corrected chi connectivity index (χ4v) is 2.79. The smallest absolute Gasteiger partial charge is 0.270 e. The summed E-state index contributed by atoms with van der Waals surface area (Å²) in [6, 6.07) is 5.27. The van der Waals surface area contributed by atoms with Crippen LogP contribution >= 0.6 is 0 Å². The number of hydrogen-bond acceptors (Lipinski definition) is 4. The molecule has 0 spiro atoms. The molecule has 0 saturated carbocycles. The second-order valence-corrected chi connectivity index (χ2v) is 7.08. The van der Waals surface area contributed by atoms with Crippen molar-refractivity contribution in [1.29, 1.82) is 0 Å². The lowest BCUT2D eigenvalue weighted by atomic mass is 10.0. The third kappa shape index (κ3) is 4.51. The van der Waals surface area contributed by atoms with E-state index in [4.69, 9.17) is 9.47 Å². The van der Waals surface area contributed by atoms with Gasteiger partial charge in [0, 0.05) is 31.9 Å². The Bertz CT molecular complexity index is 640. The van der Waals surface area contributed by atoms with Crippen LogP contribution in [-0.4, -0.2) is 43.7 Å². The number of hydrogen-bond donors (Lipinski definition) is 1. The molecular weight excluding hydrogens is 320 g/mol. The molecule has 6 nitrogen and oxygen atoms in total. The van der Waals surface area contributed by atoms with Crippen molar-refractivity contribution >= 4 is 17.5 Å². The van der Waals surface area contributed by atoms with Gasteiger partial charge in [-0.3, -0.25) is 9.59 Å². The van der Waals surface area contributed by atoms with E-state index in [1.807, 2.05) is 13.8 Å². The molecule has 2 rings (SSSR count). The van der Waals surface area contributed by atoms with E-state index in [9.17, 15) is 9.59 Å². The number of rotatable bonds is 7. The molecule has 1 aromatic carbocycles. The van der Waals surface area contributed by atoms with Gasteiger partial charge in [0.2, 0.25) is 0 Å². The van der Waals surface area contributed by atoms with Crippen LogP contribution in [0.4, 0.5) is 5.69 Å². The third-order valence-corrected chi connectivity index (χ3v) is 4.04. The monoisotopic (exact) mass is 348 g/mol. The Labute approximate surface area is 149 Å². The molecular formula is C19H28N2O4. The van der Waals surface area contributed by atoms with E-state index in [1.54, 1.807) is 44.1 Å². The standard InChI is InChI=1S/C19H28N2O4/c1-13(2)20-17(22)14-8-9-16-15(12-14)21(10-6-7-11-24-5)18(23)19(3,4)25-16/h8-9,12-13H,6-7,10-11H2,1-5H3,(H,20,22). The first-order chi connectivity index (χ1) is 11.8. The largest absolute Gasteiger partial charge is 0.476 e. The Kier molecular flexibility index (Phi) is 6.06. The number of methoxy groups -OCH3 is 1. The average molecular weight is 348 g/mol. The van der Waals surface area contributed by atoms with Gasteiger partial charge in [0.15, 0.2) is 5.60 Å². The predicted octanol–water partition coefficient (Wildman–Crippen LogP) is 2.76. The maximum absolute atomic E-state index is 12.8. The van der Waals surface area contributed by atoms with Crippen LogP contribution in [0.15, 0.2) is 18.2 Å². The number of anilines is 1. The lowest BCUT2D eigenvalue weighted by Gasteiger charge is -2.39. The van der Waals surface area contributed by atoms with E-state index < -0.39 is 5.60 Å². The highest BCUT2D eigenvalue weighted by atomic mass is 16.5. The molecule has 1 aliphatic heterocycles. The SMILES string of the molecule is COCCCCN1C(=O)C(C)(C)Oc2ccc(C(=O)NC(C)C)cc21. The third-order valence-electron chi connectivity index (χ3n) is 4.04. The first-order valence-corrected chi connectivity index (χ1v) is 8.71. The van der Waals surface area contributed by atoms with Crippen LogP contribution in [0, 0.1) is 0 Å². The highest BCUT2D eigenvalue weighted by Gasteiger charge is 2.40. The molecule has 0 saturated heterocycles. The second-order valence-electron chi connectivity index (χ2n) is 7.08. The fraction of sp³-hybridized carbons (Fsp3) is 0.579. The van der Waals surface area contributed by atoms with Crippen LogP contribution in [0.2, 0.25) is 0 Å². The summed E-state index contributed by atoms with van der Waals surface area (Å²) >= 11 is 0. The minimum absolute atomic E-state index is 0.0468. The van der Waals surface area contributed by atoms with E-state index >= 15 is 0 Å². The Hall–Kier alpha value is -2.08. The first-order valence-electron chi connectivity index (χ1n) is 8.71. The maximum atomic E-state index is 12.8. The minimum atomic E-state index is -0.921.